The minimum Gasteiger partial charge on any atom is -0.477 e. The average molecular weight is 395 g/mol. The summed E-state index contributed by atoms with van der Waals surface area (Å²) in [5.74, 6) is -1.38. The number of nitrogens with one attached hydrogen (secondary N) is 1. The van der Waals surface area contributed by atoms with Crippen molar-refractivity contribution in [2.24, 2.45) is 14.1 Å². The zero-order valence-electron chi connectivity index (χ0n) is 14.8. The maximum absolute atomic E-state index is 12.4. The van der Waals surface area contributed by atoms with E-state index in [-0.39, 0.29) is 5.69 Å². The van der Waals surface area contributed by atoms with Crippen LogP contribution in [0.5, 0.6) is 0 Å². The fourth-order valence-corrected chi connectivity index (χ4v) is 2.12. The Hall–Kier alpha value is -3.63. The Morgan fingerprint density at radius 2 is 1.43 bits per heavy atom. The van der Waals surface area contributed by atoms with Gasteiger partial charge in [0, 0.05) is 32.2 Å². The number of hydrogen-bond acceptors (Lipinski definition) is 4. The van der Waals surface area contributed by atoms with Crippen molar-refractivity contribution < 1.29 is 27.9 Å². The SMILES string of the molecule is Cn1nccc1C(=O)Nc1ccc(C(F)(F)F)cc1.Cn1nccc1C(=O)O. The number of anilines is 1. The number of hydrogen-bond donors (Lipinski definition) is 2. The van der Waals surface area contributed by atoms with Gasteiger partial charge in [-0.3, -0.25) is 14.2 Å². The quantitative estimate of drug-likeness (QED) is 0.710. The number of carboxylic acids is 1. The monoisotopic (exact) mass is 395 g/mol. The molecule has 11 heteroatoms. The van der Waals surface area contributed by atoms with Crippen molar-refractivity contribution in [1.29, 1.82) is 0 Å². The molecule has 0 saturated carbocycles. The molecule has 0 bridgehead atoms. The molecule has 148 valence electrons. The first kappa shape index (κ1) is 20.7. The standard InChI is InChI=1S/C12H10F3N3O.C5H6N2O2/c1-18-10(6-7-16-18)11(19)17-9-4-2-8(3-5-9)12(13,14)15;1-7-4(5(8)9)2-3-6-7/h2-7H,1H3,(H,17,19);2-3H,1H3,(H,8,9). The van der Waals surface area contributed by atoms with Crippen LogP contribution in [-0.2, 0) is 20.3 Å². The van der Waals surface area contributed by atoms with E-state index < -0.39 is 23.6 Å². The van der Waals surface area contributed by atoms with E-state index >= 15 is 0 Å². The van der Waals surface area contributed by atoms with E-state index in [0.717, 1.165) is 12.1 Å². The number of aromatic nitrogens is 4. The van der Waals surface area contributed by atoms with Crippen LogP contribution >= 0.6 is 0 Å². The number of rotatable bonds is 3. The number of halogens is 3. The lowest BCUT2D eigenvalue weighted by molar-refractivity contribution is -0.137. The van der Waals surface area contributed by atoms with E-state index in [9.17, 15) is 22.8 Å². The predicted molar refractivity (Wildman–Crippen MR) is 92.8 cm³/mol. The first-order valence-corrected chi connectivity index (χ1v) is 7.77. The van der Waals surface area contributed by atoms with E-state index in [4.69, 9.17) is 5.11 Å². The Balaban J connectivity index is 0.000000261. The summed E-state index contributed by atoms with van der Waals surface area (Å²) in [6.07, 6.45) is -1.48. The van der Waals surface area contributed by atoms with Crippen molar-refractivity contribution in [2.45, 2.75) is 6.18 Å². The van der Waals surface area contributed by atoms with Crippen LogP contribution in [0.15, 0.2) is 48.8 Å². The Morgan fingerprint density at radius 1 is 0.929 bits per heavy atom. The van der Waals surface area contributed by atoms with E-state index in [1.54, 1.807) is 14.1 Å². The Kier molecular flexibility index (Phi) is 6.18. The highest BCUT2D eigenvalue weighted by atomic mass is 19.4. The maximum atomic E-state index is 12.4. The maximum Gasteiger partial charge on any atom is 0.416 e. The van der Waals surface area contributed by atoms with Crippen LogP contribution in [-0.4, -0.2) is 36.5 Å². The topological polar surface area (TPSA) is 102 Å². The van der Waals surface area contributed by atoms with Gasteiger partial charge >= 0.3 is 12.1 Å². The first-order chi connectivity index (χ1) is 13.1. The lowest BCUT2D eigenvalue weighted by Gasteiger charge is -2.08. The van der Waals surface area contributed by atoms with Crippen molar-refractivity contribution in [1.82, 2.24) is 19.6 Å². The molecule has 0 aliphatic carbocycles. The number of aromatic carboxylic acids is 1. The number of carbonyl (C=O) groups is 2. The number of aryl methyl sites for hydroxylation is 2. The second-order valence-electron chi connectivity index (χ2n) is 5.51. The summed E-state index contributed by atoms with van der Waals surface area (Å²) >= 11 is 0. The van der Waals surface area contributed by atoms with Crippen LogP contribution in [0, 0.1) is 0 Å². The van der Waals surface area contributed by atoms with Gasteiger partial charge in [0.2, 0.25) is 0 Å². The minimum absolute atomic E-state index is 0.204. The van der Waals surface area contributed by atoms with Crippen molar-refractivity contribution in [2.75, 3.05) is 5.32 Å². The molecule has 8 nitrogen and oxygen atoms in total. The fourth-order valence-electron chi connectivity index (χ4n) is 2.12. The van der Waals surface area contributed by atoms with Crippen LogP contribution < -0.4 is 5.32 Å². The number of alkyl halides is 3. The first-order valence-electron chi connectivity index (χ1n) is 7.77. The van der Waals surface area contributed by atoms with Crippen LogP contribution in [0.2, 0.25) is 0 Å². The zero-order chi connectivity index (χ0) is 20.9. The van der Waals surface area contributed by atoms with Crippen LogP contribution in [0.25, 0.3) is 0 Å². The Morgan fingerprint density at radius 3 is 1.79 bits per heavy atom. The summed E-state index contributed by atoms with van der Waals surface area (Å²) in [4.78, 5) is 22.0. The second-order valence-corrected chi connectivity index (χ2v) is 5.51. The third kappa shape index (κ3) is 5.19. The molecule has 0 atom stereocenters. The highest BCUT2D eigenvalue weighted by molar-refractivity contribution is 6.02. The van der Waals surface area contributed by atoms with Crippen LogP contribution in [0.4, 0.5) is 18.9 Å². The number of carbonyl (C=O) groups excluding carboxylic acids is 1. The summed E-state index contributed by atoms with van der Waals surface area (Å²) in [7, 11) is 3.19. The molecule has 0 radical (unpaired) electrons. The Labute approximate surface area is 157 Å². The summed E-state index contributed by atoms with van der Waals surface area (Å²) in [5, 5.41) is 18.4. The van der Waals surface area contributed by atoms with Gasteiger partial charge in [-0.25, -0.2) is 4.79 Å². The van der Waals surface area contributed by atoms with Crippen LogP contribution in [0.1, 0.15) is 26.5 Å². The van der Waals surface area contributed by atoms with Gasteiger partial charge in [-0.1, -0.05) is 0 Å². The predicted octanol–water partition coefficient (Wildman–Crippen LogP) is 2.81. The van der Waals surface area contributed by atoms with E-state index in [1.807, 2.05) is 0 Å². The zero-order valence-corrected chi connectivity index (χ0v) is 14.8. The second kappa shape index (κ2) is 8.37. The summed E-state index contributed by atoms with van der Waals surface area (Å²) in [6, 6.07) is 7.20. The van der Waals surface area contributed by atoms with Gasteiger partial charge in [-0.2, -0.15) is 23.4 Å². The molecule has 0 aliphatic rings. The lowest BCUT2D eigenvalue weighted by Crippen LogP contribution is -2.16. The molecule has 0 aliphatic heterocycles. The summed E-state index contributed by atoms with van der Waals surface area (Å²) in [5.41, 5.74) is 0.0557. The van der Waals surface area contributed by atoms with E-state index in [0.29, 0.717) is 11.4 Å². The number of amides is 1. The van der Waals surface area contributed by atoms with E-state index in [1.165, 1.54) is 46.0 Å². The van der Waals surface area contributed by atoms with Crippen molar-refractivity contribution in [3.8, 4) is 0 Å². The molecule has 28 heavy (non-hydrogen) atoms. The number of benzene rings is 1. The van der Waals surface area contributed by atoms with Gasteiger partial charge in [0.25, 0.3) is 5.91 Å². The largest absolute Gasteiger partial charge is 0.477 e. The summed E-state index contributed by atoms with van der Waals surface area (Å²) < 4.78 is 39.8. The average Bonchev–Trinajstić information content (AvgIpc) is 3.23. The van der Waals surface area contributed by atoms with Gasteiger partial charge < -0.3 is 10.4 Å². The highest BCUT2D eigenvalue weighted by Crippen LogP contribution is 2.29. The molecule has 0 fully saturated rings. The minimum atomic E-state index is -4.38. The van der Waals surface area contributed by atoms with Crippen molar-refractivity contribution in [3.05, 3.63) is 65.7 Å². The smallest absolute Gasteiger partial charge is 0.416 e. The molecule has 0 unspecified atom stereocenters. The molecular weight excluding hydrogens is 379 g/mol. The van der Waals surface area contributed by atoms with Crippen molar-refractivity contribution in [3.63, 3.8) is 0 Å². The van der Waals surface area contributed by atoms with E-state index in [2.05, 4.69) is 15.5 Å². The van der Waals surface area contributed by atoms with Gasteiger partial charge in [-0.05, 0) is 36.4 Å². The normalized spacial score (nSPS) is 10.8. The third-order valence-electron chi connectivity index (χ3n) is 3.56. The van der Waals surface area contributed by atoms with Gasteiger partial charge in [0.1, 0.15) is 11.4 Å². The van der Waals surface area contributed by atoms with Gasteiger partial charge in [-0.15, -0.1) is 0 Å². The molecule has 2 N–H and O–H groups in total. The Bertz CT molecular complexity index is 961. The molecule has 0 saturated heterocycles. The molecular formula is C17H16F3N5O3. The lowest BCUT2D eigenvalue weighted by atomic mass is 10.2. The molecule has 0 spiro atoms. The van der Waals surface area contributed by atoms with Gasteiger partial charge in [0.05, 0.1) is 5.56 Å². The number of nitrogens with zero attached hydrogens (tertiary/aromatic N) is 4. The molecule has 2 heterocycles. The fraction of sp³-hybridized carbons (Fsp3) is 0.176. The van der Waals surface area contributed by atoms with Crippen LogP contribution in [0.3, 0.4) is 0 Å². The molecule has 3 rings (SSSR count). The molecule has 2 aromatic heterocycles. The van der Waals surface area contributed by atoms with Gasteiger partial charge in [0.15, 0.2) is 0 Å². The van der Waals surface area contributed by atoms with Crippen molar-refractivity contribution >= 4 is 17.6 Å². The molecule has 3 aromatic rings. The number of carboxylic acid groups (broad SMARTS) is 1. The molecule has 1 aromatic carbocycles. The highest BCUT2D eigenvalue weighted by Gasteiger charge is 2.30. The molecule has 1 amide bonds. The summed E-state index contributed by atoms with van der Waals surface area (Å²) in [6.45, 7) is 0. The third-order valence-corrected chi connectivity index (χ3v) is 3.56.